The first-order valence-electron chi connectivity index (χ1n) is 5.25. The van der Waals surface area contributed by atoms with Gasteiger partial charge in [0, 0.05) is 18.6 Å². The lowest BCUT2D eigenvalue weighted by Gasteiger charge is -1.98. The van der Waals surface area contributed by atoms with Crippen molar-refractivity contribution < 1.29 is 9.90 Å². The summed E-state index contributed by atoms with van der Waals surface area (Å²) in [5.74, 6) is -0.716. The summed E-state index contributed by atoms with van der Waals surface area (Å²) in [4.78, 5) is 23.7. The fourth-order valence-electron chi connectivity index (χ4n) is 1.77. The fourth-order valence-corrected chi connectivity index (χ4v) is 1.77. The maximum absolute atomic E-state index is 11.4. The first kappa shape index (κ1) is 10.4. The largest absolute Gasteiger partial charge is 0.476 e. The minimum absolute atomic E-state index is 0.0665. The van der Waals surface area contributed by atoms with Crippen LogP contribution in [0.25, 0.3) is 17.2 Å². The number of nitrogens with zero attached hydrogens (tertiary/aromatic N) is 4. The van der Waals surface area contributed by atoms with Crippen LogP contribution in [0.1, 0.15) is 10.5 Å². The van der Waals surface area contributed by atoms with Gasteiger partial charge in [-0.2, -0.15) is 0 Å². The van der Waals surface area contributed by atoms with Gasteiger partial charge in [0.2, 0.25) is 5.78 Å². The first-order valence-corrected chi connectivity index (χ1v) is 5.25. The molecule has 0 aliphatic heterocycles. The van der Waals surface area contributed by atoms with Crippen molar-refractivity contribution in [1.82, 2.24) is 19.4 Å². The van der Waals surface area contributed by atoms with Gasteiger partial charge in [-0.1, -0.05) is 6.07 Å². The van der Waals surface area contributed by atoms with Crippen LogP contribution < -0.4 is 0 Å². The number of pyridine rings is 1. The minimum atomic E-state index is -1.06. The number of hydrogen-bond acceptors (Lipinski definition) is 4. The molecule has 0 aromatic carbocycles. The number of aromatic carboxylic acids is 1. The van der Waals surface area contributed by atoms with E-state index in [9.17, 15) is 9.90 Å². The van der Waals surface area contributed by atoms with Gasteiger partial charge in [-0.15, -0.1) is 0 Å². The molecule has 0 amide bonds. The molecule has 0 unspecified atom stereocenters. The molecule has 0 aliphatic rings. The molecule has 0 saturated heterocycles. The Morgan fingerprint density at radius 2 is 2.00 bits per heavy atom. The van der Waals surface area contributed by atoms with Crippen molar-refractivity contribution in [2.45, 2.75) is 0 Å². The van der Waals surface area contributed by atoms with E-state index in [1.807, 2.05) is 0 Å². The molecule has 3 rings (SSSR count). The lowest BCUT2D eigenvalue weighted by molar-refractivity contribution is 0.0690. The van der Waals surface area contributed by atoms with E-state index in [0.29, 0.717) is 17.2 Å². The van der Waals surface area contributed by atoms with E-state index in [1.54, 1.807) is 42.9 Å². The number of aromatic nitrogens is 4. The Bertz CT molecular complexity index is 721. The molecule has 3 heterocycles. The van der Waals surface area contributed by atoms with Crippen molar-refractivity contribution in [3.63, 3.8) is 0 Å². The third-order valence-corrected chi connectivity index (χ3v) is 2.51. The smallest absolute Gasteiger partial charge is 0.355 e. The van der Waals surface area contributed by atoms with Crippen molar-refractivity contribution in [3.8, 4) is 11.4 Å². The molecule has 0 spiro atoms. The Hall–Kier alpha value is -2.76. The van der Waals surface area contributed by atoms with E-state index in [1.165, 1.54) is 4.40 Å². The van der Waals surface area contributed by atoms with Gasteiger partial charge in [-0.05, 0) is 18.2 Å². The van der Waals surface area contributed by atoms with E-state index in [4.69, 9.17) is 0 Å². The summed E-state index contributed by atoms with van der Waals surface area (Å²) in [5, 5.41) is 9.30. The second kappa shape index (κ2) is 3.92. The molecule has 3 aromatic heterocycles. The Labute approximate surface area is 102 Å². The number of rotatable bonds is 2. The highest BCUT2D eigenvalue weighted by atomic mass is 16.4. The average molecular weight is 240 g/mol. The Morgan fingerprint density at radius 3 is 2.72 bits per heavy atom. The summed E-state index contributed by atoms with van der Waals surface area (Å²) < 4.78 is 1.44. The molecular weight excluding hydrogens is 232 g/mol. The van der Waals surface area contributed by atoms with Gasteiger partial charge in [-0.3, -0.25) is 9.38 Å². The molecule has 0 fully saturated rings. The Morgan fingerprint density at radius 1 is 1.17 bits per heavy atom. The van der Waals surface area contributed by atoms with E-state index >= 15 is 0 Å². The van der Waals surface area contributed by atoms with E-state index in [-0.39, 0.29) is 5.69 Å². The van der Waals surface area contributed by atoms with Crippen LogP contribution >= 0.6 is 0 Å². The molecule has 0 aliphatic carbocycles. The molecule has 18 heavy (non-hydrogen) atoms. The molecule has 3 aromatic rings. The SMILES string of the molecule is O=C(O)c1c(-c2ccccn2)nc2ncccn12. The quantitative estimate of drug-likeness (QED) is 0.734. The molecule has 6 nitrogen and oxygen atoms in total. The van der Waals surface area contributed by atoms with Crippen LogP contribution in [0.5, 0.6) is 0 Å². The van der Waals surface area contributed by atoms with Gasteiger partial charge < -0.3 is 5.11 Å². The zero-order valence-electron chi connectivity index (χ0n) is 9.19. The monoisotopic (exact) mass is 240 g/mol. The summed E-state index contributed by atoms with van der Waals surface area (Å²) >= 11 is 0. The van der Waals surface area contributed by atoms with Gasteiger partial charge in [0.1, 0.15) is 5.69 Å². The number of carboxylic acid groups (broad SMARTS) is 1. The second-order valence-electron chi connectivity index (χ2n) is 3.62. The van der Waals surface area contributed by atoms with Gasteiger partial charge >= 0.3 is 5.97 Å². The van der Waals surface area contributed by atoms with E-state index in [2.05, 4.69) is 15.0 Å². The summed E-state index contributed by atoms with van der Waals surface area (Å²) in [5.41, 5.74) is 0.902. The normalized spacial score (nSPS) is 10.7. The van der Waals surface area contributed by atoms with Crippen LogP contribution in [0.15, 0.2) is 42.9 Å². The fraction of sp³-hybridized carbons (Fsp3) is 0. The zero-order valence-corrected chi connectivity index (χ0v) is 9.19. The van der Waals surface area contributed by atoms with Crippen LogP contribution in [0.3, 0.4) is 0 Å². The highest BCUT2D eigenvalue weighted by Gasteiger charge is 2.20. The topological polar surface area (TPSA) is 80.4 Å². The zero-order chi connectivity index (χ0) is 12.5. The minimum Gasteiger partial charge on any atom is -0.476 e. The second-order valence-corrected chi connectivity index (χ2v) is 3.62. The maximum atomic E-state index is 11.4. The van der Waals surface area contributed by atoms with Crippen molar-refractivity contribution in [2.75, 3.05) is 0 Å². The van der Waals surface area contributed by atoms with Crippen LogP contribution in [0.2, 0.25) is 0 Å². The Kier molecular flexibility index (Phi) is 2.26. The first-order chi connectivity index (χ1) is 8.77. The number of hydrogen-bond donors (Lipinski definition) is 1. The standard InChI is InChI=1S/C12H8N4O2/c17-11(18)10-9(8-4-1-2-5-13-8)15-12-14-6-3-7-16(10)12/h1-7H,(H,17,18). The Balaban J connectivity index is 2.36. The molecule has 88 valence electrons. The maximum Gasteiger partial charge on any atom is 0.355 e. The van der Waals surface area contributed by atoms with Crippen LogP contribution in [0, 0.1) is 0 Å². The molecule has 0 atom stereocenters. The predicted molar refractivity (Wildman–Crippen MR) is 63.2 cm³/mol. The summed E-state index contributed by atoms with van der Waals surface area (Å²) in [6, 6.07) is 6.92. The van der Waals surface area contributed by atoms with Gasteiger partial charge in [0.15, 0.2) is 5.69 Å². The number of carboxylic acids is 1. The summed E-state index contributed by atoms with van der Waals surface area (Å²) in [7, 11) is 0. The molecule has 6 heteroatoms. The highest BCUT2D eigenvalue weighted by Crippen LogP contribution is 2.21. The predicted octanol–water partition coefficient (Wildman–Crippen LogP) is 1.49. The molecule has 0 bridgehead atoms. The van der Waals surface area contributed by atoms with Crippen LogP contribution in [-0.2, 0) is 0 Å². The lowest BCUT2D eigenvalue weighted by Crippen LogP contribution is -2.04. The van der Waals surface area contributed by atoms with Crippen molar-refractivity contribution in [2.24, 2.45) is 0 Å². The third-order valence-electron chi connectivity index (χ3n) is 2.51. The molecule has 0 saturated carbocycles. The number of carbonyl (C=O) groups is 1. The molecule has 1 N–H and O–H groups in total. The number of fused-ring (bicyclic) bond motifs is 1. The summed E-state index contributed by atoms with van der Waals surface area (Å²) in [6.45, 7) is 0. The molecule has 0 radical (unpaired) electrons. The van der Waals surface area contributed by atoms with Crippen LogP contribution in [-0.4, -0.2) is 30.4 Å². The molecular formula is C12H8N4O2. The van der Waals surface area contributed by atoms with E-state index < -0.39 is 5.97 Å². The van der Waals surface area contributed by atoms with Gasteiger partial charge in [0.25, 0.3) is 0 Å². The van der Waals surface area contributed by atoms with Crippen molar-refractivity contribution in [3.05, 3.63) is 48.5 Å². The average Bonchev–Trinajstić information content (AvgIpc) is 2.79. The highest BCUT2D eigenvalue weighted by molar-refractivity contribution is 5.93. The lowest BCUT2D eigenvalue weighted by atomic mass is 10.2. The van der Waals surface area contributed by atoms with Gasteiger partial charge in [0.05, 0.1) is 5.69 Å². The van der Waals surface area contributed by atoms with Crippen LogP contribution in [0.4, 0.5) is 0 Å². The van der Waals surface area contributed by atoms with E-state index in [0.717, 1.165) is 0 Å². The van der Waals surface area contributed by atoms with Crippen molar-refractivity contribution in [1.29, 1.82) is 0 Å². The third kappa shape index (κ3) is 1.51. The van der Waals surface area contributed by atoms with Crippen molar-refractivity contribution >= 4 is 11.7 Å². The number of imidazole rings is 1. The summed E-state index contributed by atoms with van der Waals surface area (Å²) in [6.07, 6.45) is 4.78. The van der Waals surface area contributed by atoms with Gasteiger partial charge in [-0.25, -0.2) is 14.8 Å².